The van der Waals surface area contributed by atoms with Crippen LogP contribution in [0.2, 0.25) is 0 Å². The van der Waals surface area contributed by atoms with Crippen molar-refractivity contribution in [3.63, 3.8) is 0 Å². The Kier molecular flexibility index (Phi) is 3.97. The first-order valence-corrected chi connectivity index (χ1v) is 7.57. The van der Waals surface area contributed by atoms with E-state index < -0.39 is 0 Å². The molecule has 2 aliphatic rings. The van der Waals surface area contributed by atoms with Crippen molar-refractivity contribution in [1.82, 2.24) is 9.97 Å². The van der Waals surface area contributed by atoms with Crippen molar-refractivity contribution >= 4 is 5.82 Å². The van der Waals surface area contributed by atoms with E-state index in [-0.39, 0.29) is 0 Å². The van der Waals surface area contributed by atoms with Crippen LogP contribution in [0.3, 0.4) is 0 Å². The summed E-state index contributed by atoms with van der Waals surface area (Å²) in [6.45, 7) is 1.33. The van der Waals surface area contributed by atoms with Crippen molar-refractivity contribution < 1.29 is 4.74 Å². The van der Waals surface area contributed by atoms with E-state index in [1.165, 1.54) is 44.9 Å². The van der Waals surface area contributed by atoms with E-state index in [2.05, 4.69) is 4.98 Å². The fourth-order valence-electron chi connectivity index (χ4n) is 3.17. The average molecular weight is 261 g/mol. The minimum Gasteiger partial charge on any atom is -0.383 e. The molecule has 1 aliphatic carbocycles. The fraction of sp³-hybridized carbons (Fsp3) is 0.733. The molecule has 4 heteroatoms. The molecule has 19 heavy (non-hydrogen) atoms. The summed E-state index contributed by atoms with van der Waals surface area (Å²) in [6, 6.07) is 0. The monoisotopic (exact) mass is 261 g/mol. The zero-order valence-electron chi connectivity index (χ0n) is 11.5. The van der Waals surface area contributed by atoms with Crippen molar-refractivity contribution in [3.8, 4) is 0 Å². The van der Waals surface area contributed by atoms with Gasteiger partial charge in [-0.15, -0.1) is 0 Å². The number of hydrogen-bond donors (Lipinski definition) is 1. The maximum absolute atomic E-state index is 6.09. The van der Waals surface area contributed by atoms with Crippen LogP contribution < -0.4 is 5.73 Å². The van der Waals surface area contributed by atoms with Gasteiger partial charge in [-0.25, -0.2) is 9.97 Å². The Morgan fingerprint density at radius 1 is 1.00 bits per heavy atom. The summed E-state index contributed by atoms with van der Waals surface area (Å²) in [6.07, 6.45) is 10.0. The lowest BCUT2D eigenvalue weighted by Crippen LogP contribution is -2.18. The number of hydrogen-bond acceptors (Lipinski definition) is 4. The molecular weight excluding hydrogens is 238 g/mol. The van der Waals surface area contributed by atoms with Crippen LogP contribution in [0, 0.1) is 0 Å². The first-order valence-electron chi connectivity index (χ1n) is 7.57. The van der Waals surface area contributed by atoms with Gasteiger partial charge < -0.3 is 10.5 Å². The SMILES string of the molecule is Nc1nc(C2CCCCCCC2)nc2c1COCC2. The third kappa shape index (κ3) is 2.89. The Hall–Kier alpha value is -1.16. The average Bonchev–Trinajstić information content (AvgIpc) is 2.38. The number of rotatable bonds is 1. The highest BCUT2D eigenvalue weighted by Crippen LogP contribution is 2.31. The Morgan fingerprint density at radius 3 is 2.53 bits per heavy atom. The minimum atomic E-state index is 0.510. The fourth-order valence-corrected chi connectivity index (χ4v) is 3.17. The smallest absolute Gasteiger partial charge is 0.134 e. The standard InChI is InChI=1S/C15H23N3O/c16-14-12-10-19-9-8-13(12)17-15(18-14)11-6-4-2-1-3-5-7-11/h11H,1-10H2,(H2,16,17,18). The van der Waals surface area contributed by atoms with Gasteiger partial charge in [0.15, 0.2) is 0 Å². The van der Waals surface area contributed by atoms with Crippen molar-refractivity contribution in [2.45, 2.75) is 63.9 Å². The molecule has 1 aromatic heterocycles. The van der Waals surface area contributed by atoms with Crippen LogP contribution in [0.5, 0.6) is 0 Å². The molecule has 0 radical (unpaired) electrons. The third-order valence-corrected chi connectivity index (χ3v) is 4.34. The van der Waals surface area contributed by atoms with Crippen LogP contribution in [0.1, 0.15) is 67.9 Å². The van der Waals surface area contributed by atoms with Crippen LogP contribution in [-0.2, 0) is 17.8 Å². The Bertz CT molecular complexity index is 439. The highest BCUT2D eigenvalue weighted by atomic mass is 16.5. The van der Waals surface area contributed by atoms with Gasteiger partial charge >= 0.3 is 0 Å². The first-order chi connectivity index (χ1) is 9.34. The van der Waals surface area contributed by atoms with E-state index in [0.717, 1.165) is 30.1 Å². The number of aromatic nitrogens is 2. The van der Waals surface area contributed by atoms with Gasteiger partial charge in [0.1, 0.15) is 11.6 Å². The van der Waals surface area contributed by atoms with Crippen molar-refractivity contribution in [3.05, 3.63) is 17.1 Å². The minimum absolute atomic E-state index is 0.510. The maximum Gasteiger partial charge on any atom is 0.134 e. The number of ether oxygens (including phenoxy) is 1. The van der Waals surface area contributed by atoms with Gasteiger partial charge in [-0.3, -0.25) is 0 Å². The van der Waals surface area contributed by atoms with Crippen LogP contribution in [0.15, 0.2) is 0 Å². The van der Waals surface area contributed by atoms with Gasteiger partial charge in [0.25, 0.3) is 0 Å². The van der Waals surface area contributed by atoms with E-state index in [0.29, 0.717) is 18.3 Å². The normalized spacial score (nSPS) is 21.5. The Balaban J connectivity index is 1.84. The number of fused-ring (bicyclic) bond motifs is 1. The molecule has 4 nitrogen and oxygen atoms in total. The second kappa shape index (κ2) is 5.87. The first kappa shape index (κ1) is 12.9. The summed E-state index contributed by atoms with van der Waals surface area (Å²) >= 11 is 0. The van der Waals surface area contributed by atoms with Crippen LogP contribution >= 0.6 is 0 Å². The van der Waals surface area contributed by atoms with E-state index >= 15 is 0 Å². The Labute approximate surface area is 114 Å². The summed E-state index contributed by atoms with van der Waals surface area (Å²) < 4.78 is 5.44. The quantitative estimate of drug-likeness (QED) is 0.844. The van der Waals surface area contributed by atoms with E-state index in [4.69, 9.17) is 15.5 Å². The van der Waals surface area contributed by atoms with Crippen LogP contribution in [0.25, 0.3) is 0 Å². The van der Waals surface area contributed by atoms with Crippen molar-refractivity contribution in [2.24, 2.45) is 0 Å². The molecule has 2 N–H and O–H groups in total. The van der Waals surface area contributed by atoms with Crippen molar-refractivity contribution in [1.29, 1.82) is 0 Å². The summed E-state index contributed by atoms with van der Waals surface area (Å²) in [7, 11) is 0. The molecule has 0 spiro atoms. The predicted octanol–water partition coefficient (Wildman–Crippen LogP) is 2.96. The Morgan fingerprint density at radius 2 is 1.74 bits per heavy atom. The molecule has 1 saturated carbocycles. The molecule has 2 heterocycles. The number of anilines is 1. The molecule has 0 amide bonds. The number of nitrogens with two attached hydrogens (primary N) is 1. The molecule has 3 rings (SSSR count). The number of nitrogen functional groups attached to an aromatic ring is 1. The second-order valence-electron chi connectivity index (χ2n) is 5.74. The largest absolute Gasteiger partial charge is 0.383 e. The second-order valence-corrected chi connectivity index (χ2v) is 5.74. The summed E-state index contributed by atoms with van der Waals surface area (Å²) in [4.78, 5) is 9.37. The molecule has 0 bridgehead atoms. The van der Waals surface area contributed by atoms with Crippen LogP contribution in [0.4, 0.5) is 5.82 Å². The van der Waals surface area contributed by atoms with Crippen molar-refractivity contribution in [2.75, 3.05) is 12.3 Å². The van der Waals surface area contributed by atoms with E-state index in [1.54, 1.807) is 0 Å². The van der Waals surface area contributed by atoms with Gasteiger partial charge in [0.2, 0.25) is 0 Å². The lowest BCUT2D eigenvalue weighted by atomic mass is 9.90. The maximum atomic E-state index is 6.09. The lowest BCUT2D eigenvalue weighted by molar-refractivity contribution is 0.109. The molecule has 1 aromatic rings. The van der Waals surface area contributed by atoms with Gasteiger partial charge in [0, 0.05) is 17.9 Å². The van der Waals surface area contributed by atoms with Gasteiger partial charge in [-0.2, -0.15) is 0 Å². The van der Waals surface area contributed by atoms with Crippen LogP contribution in [-0.4, -0.2) is 16.6 Å². The lowest BCUT2D eigenvalue weighted by Gasteiger charge is -2.22. The zero-order valence-corrected chi connectivity index (χ0v) is 11.5. The summed E-state index contributed by atoms with van der Waals surface area (Å²) in [5, 5.41) is 0. The number of nitrogens with zero attached hydrogens (tertiary/aromatic N) is 2. The molecule has 1 aliphatic heterocycles. The third-order valence-electron chi connectivity index (χ3n) is 4.34. The highest BCUT2D eigenvalue weighted by Gasteiger charge is 2.21. The topological polar surface area (TPSA) is 61.0 Å². The highest BCUT2D eigenvalue weighted by molar-refractivity contribution is 5.43. The molecule has 0 saturated heterocycles. The summed E-state index contributed by atoms with van der Waals surface area (Å²) in [5.41, 5.74) is 8.22. The molecule has 1 fully saturated rings. The van der Waals surface area contributed by atoms with Gasteiger partial charge in [-0.05, 0) is 12.8 Å². The molecule has 0 atom stereocenters. The van der Waals surface area contributed by atoms with Gasteiger partial charge in [0.05, 0.1) is 18.9 Å². The van der Waals surface area contributed by atoms with E-state index in [9.17, 15) is 0 Å². The molecule has 104 valence electrons. The predicted molar refractivity (Wildman–Crippen MR) is 74.9 cm³/mol. The molecule has 0 unspecified atom stereocenters. The summed E-state index contributed by atoms with van der Waals surface area (Å²) in [5.74, 6) is 2.14. The van der Waals surface area contributed by atoms with Gasteiger partial charge in [-0.1, -0.05) is 32.1 Å². The zero-order chi connectivity index (χ0) is 13.1. The molecule has 0 aromatic carbocycles. The van der Waals surface area contributed by atoms with E-state index in [1.807, 2.05) is 0 Å². The molecular formula is C15H23N3O.